The fourth-order valence-corrected chi connectivity index (χ4v) is 2.04. The van der Waals surface area contributed by atoms with Crippen LogP contribution in [-0.2, 0) is 0 Å². The Morgan fingerprint density at radius 3 is 2.86 bits per heavy atom. The third-order valence-corrected chi connectivity index (χ3v) is 3.20. The summed E-state index contributed by atoms with van der Waals surface area (Å²) in [6.45, 7) is 6.45. The molecule has 1 heterocycles. The molecule has 0 aliphatic carbocycles. The van der Waals surface area contributed by atoms with Crippen LogP contribution >= 0.6 is 0 Å². The smallest absolute Gasteiger partial charge is 0.257 e. The summed E-state index contributed by atoms with van der Waals surface area (Å²) < 4.78 is 18.4. The predicted octanol–water partition coefficient (Wildman–Crippen LogP) is 3.57. The van der Waals surface area contributed by atoms with Crippen LogP contribution in [0.1, 0.15) is 36.4 Å². The van der Waals surface area contributed by atoms with Crippen molar-refractivity contribution in [1.29, 1.82) is 0 Å². The third-order valence-electron chi connectivity index (χ3n) is 3.20. The number of carbonyl (C=O) groups is 1. The Hall–Kier alpha value is -2.17. The maximum Gasteiger partial charge on any atom is 0.257 e. The van der Waals surface area contributed by atoms with Crippen molar-refractivity contribution in [3.63, 3.8) is 0 Å². The molecule has 0 unspecified atom stereocenters. The van der Waals surface area contributed by atoms with Crippen molar-refractivity contribution < 1.29 is 13.7 Å². The summed E-state index contributed by atoms with van der Waals surface area (Å²) in [6.07, 6.45) is 0.894. The van der Waals surface area contributed by atoms with Crippen LogP contribution < -0.4 is 5.32 Å². The fraction of sp³-hybridized carbons (Fsp3) is 0.375. The van der Waals surface area contributed by atoms with E-state index in [1.807, 2.05) is 0 Å². The Balaban J connectivity index is 2.24. The molecule has 1 aromatic heterocycles. The van der Waals surface area contributed by atoms with Crippen molar-refractivity contribution in [1.82, 2.24) is 10.5 Å². The van der Waals surface area contributed by atoms with E-state index < -0.39 is 0 Å². The van der Waals surface area contributed by atoms with E-state index in [1.54, 1.807) is 19.1 Å². The van der Waals surface area contributed by atoms with E-state index in [9.17, 15) is 9.18 Å². The highest BCUT2D eigenvalue weighted by molar-refractivity contribution is 6.00. The standard InChI is InChI=1S/C16H19FN2O2/c1-10(2)7-8-18-16(20)14-11(3)21-19-15(14)12-5-4-6-13(17)9-12/h4-6,9-10H,7-8H2,1-3H3,(H,18,20). The number of hydrogen-bond acceptors (Lipinski definition) is 3. The molecular weight excluding hydrogens is 271 g/mol. The molecule has 0 fully saturated rings. The second kappa shape index (κ2) is 6.52. The first-order valence-corrected chi connectivity index (χ1v) is 6.99. The Morgan fingerprint density at radius 2 is 2.19 bits per heavy atom. The number of nitrogens with one attached hydrogen (secondary N) is 1. The third kappa shape index (κ3) is 3.68. The lowest BCUT2D eigenvalue weighted by atomic mass is 10.1. The van der Waals surface area contributed by atoms with E-state index in [-0.39, 0.29) is 11.7 Å². The van der Waals surface area contributed by atoms with Crippen molar-refractivity contribution in [2.24, 2.45) is 5.92 Å². The average Bonchev–Trinajstić information content (AvgIpc) is 2.80. The summed E-state index contributed by atoms with van der Waals surface area (Å²) in [5, 5.41) is 6.74. The van der Waals surface area contributed by atoms with E-state index in [0.29, 0.717) is 35.0 Å². The molecule has 5 heteroatoms. The Bertz CT molecular complexity index is 635. The van der Waals surface area contributed by atoms with Crippen LogP contribution in [0.4, 0.5) is 4.39 Å². The van der Waals surface area contributed by atoms with E-state index in [0.717, 1.165) is 6.42 Å². The van der Waals surface area contributed by atoms with Crippen LogP contribution in [0, 0.1) is 18.7 Å². The minimum atomic E-state index is -0.376. The molecule has 1 N–H and O–H groups in total. The van der Waals surface area contributed by atoms with Gasteiger partial charge >= 0.3 is 0 Å². The number of halogens is 1. The number of carbonyl (C=O) groups excluding carboxylic acids is 1. The number of nitrogens with zero attached hydrogens (tertiary/aromatic N) is 1. The minimum Gasteiger partial charge on any atom is -0.360 e. The maximum absolute atomic E-state index is 13.3. The number of rotatable bonds is 5. The zero-order valence-corrected chi connectivity index (χ0v) is 12.4. The molecule has 0 radical (unpaired) electrons. The zero-order valence-electron chi connectivity index (χ0n) is 12.4. The molecule has 112 valence electrons. The second-order valence-corrected chi connectivity index (χ2v) is 5.41. The molecule has 4 nitrogen and oxygen atoms in total. The van der Waals surface area contributed by atoms with Gasteiger partial charge in [0.25, 0.3) is 5.91 Å². The monoisotopic (exact) mass is 290 g/mol. The van der Waals surface area contributed by atoms with Crippen molar-refractivity contribution in [3.05, 3.63) is 41.4 Å². The van der Waals surface area contributed by atoms with Crippen LogP contribution in [0.25, 0.3) is 11.3 Å². The normalized spacial score (nSPS) is 10.9. The van der Waals surface area contributed by atoms with Gasteiger partial charge in [0.1, 0.15) is 22.8 Å². The van der Waals surface area contributed by atoms with Crippen molar-refractivity contribution in [2.75, 3.05) is 6.54 Å². The van der Waals surface area contributed by atoms with Gasteiger partial charge in [0, 0.05) is 12.1 Å². The molecule has 0 atom stereocenters. The van der Waals surface area contributed by atoms with Gasteiger partial charge < -0.3 is 9.84 Å². The molecule has 1 amide bonds. The average molecular weight is 290 g/mol. The highest BCUT2D eigenvalue weighted by atomic mass is 19.1. The SMILES string of the molecule is Cc1onc(-c2cccc(F)c2)c1C(=O)NCCC(C)C. The van der Waals surface area contributed by atoms with Gasteiger partial charge in [0.2, 0.25) is 0 Å². The summed E-state index contributed by atoms with van der Waals surface area (Å²) in [5.74, 6) is 0.320. The molecule has 0 aliphatic rings. The number of benzene rings is 1. The van der Waals surface area contributed by atoms with Gasteiger partial charge in [-0.3, -0.25) is 4.79 Å². The van der Waals surface area contributed by atoms with Crippen LogP contribution in [0.3, 0.4) is 0 Å². The molecule has 0 spiro atoms. The van der Waals surface area contributed by atoms with Gasteiger partial charge in [-0.05, 0) is 31.4 Å². The lowest BCUT2D eigenvalue weighted by Crippen LogP contribution is -2.26. The molecule has 0 bridgehead atoms. The first-order valence-electron chi connectivity index (χ1n) is 6.99. The molecule has 21 heavy (non-hydrogen) atoms. The van der Waals surface area contributed by atoms with Gasteiger partial charge in [0.05, 0.1) is 0 Å². The molecule has 2 aromatic rings. The zero-order chi connectivity index (χ0) is 15.4. The van der Waals surface area contributed by atoms with Crippen molar-refractivity contribution >= 4 is 5.91 Å². The molecular formula is C16H19FN2O2. The van der Waals surface area contributed by atoms with Crippen LogP contribution in [0.15, 0.2) is 28.8 Å². The summed E-state index contributed by atoms with van der Waals surface area (Å²) in [5.41, 5.74) is 1.26. The topological polar surface area (TPSA) is 55.1 Å². The Labute approximate surface area is 123 Å². The predicted molar refractivity (Wildman–Crippen MR) is 78.4 cm³/mol. The summed E-state index contributed by atoms with van der Waals surface area (Å²) >= 11 is 0. The highest BCUT2D eigenvalue weighted by Gasteiger charge is 2.21. The van der Waals surface area contributed by atoms with Gasteiger partial charge in [0.15, 0.2) is 0 Å². The highest BCUT2D eigenvalue weighted by Crippen LogP contribution is 2.25. The van der Waals surface area contributed by atoms with Gasteiger partial charge in [-0.1, -0.05) is 31.1 Å². The molecule has 0 saturated heterocycles. The van der Waals surface area contributed by atoms with E-state index >= 15 is 0 Å². The first-order chi connectivity index (χ1) is 9.99. The lowest BCUT2D eigenvalue weighted by Gasteiger charge is -2.07. The minimum absolute atomic E-state index is 0.242. The molecule has 0 aliphatic heterocycles. The number of amides is 1. The summed E-state index contributed by atoms with van der Waals surface area (Å²) in [6, 6.07) is 5.96. The summed E-state index contributed by atoms with van der Waals surface area (Å²) in [7, 11) is 0. The fourth-order valence-electron chi connectivity index (χ4n) is 2.04. The number of aryl methyl sites for hydroxylation is 1. The van der Waals surface area contributed by atoms with Crippen molar-refractivity contribution in [3.8, 4) is 11.3 Å². The van der Waals surface area contributed by atoms with Gasteiger partial charge in [-0.25, -0.2) is 4.39 Å². The molecule has 1 aromatic carbocycles. The Morgan fingerprint density at radius 1 is 1.43 bits per heavy atom. The first kappa shape index (κ1) is 15.2. The Kier molecular flexibility index (Phi) is 4.73. The molecule has 0 saturated carbocycles. The largest absolute Gasteiger partial charge is 0.360 e. The quantitative estimate of drug-likeness (QED) is 0.916. The van der Waals surface area contributed by atoms with Crippen LogP contribution in [0.5, 0.6) is 0 Å². The van der Waals surface area contributed by atoms with E-state index in [4.69, 9.17) is 4.52 Å². The van der Waals surface area contributed by atoms with E-state index in [2.05, 4.69) is 24.3 Å². The van der Waals surface area contributed by atoms with Crippen molar-refractivity contribution in [2.45, 2.75) is 27.2 Å². The number of hydrogen-bond donors (Lipinski definition) is 1. The van der Waals surface area contributed by atoms with Crippen LogP contribution in [-0.4, -0.2) is 17.6 Å². The van der Waals surface area contributed by atoms with Crippen LogP contribution in [0.2, 0.25) is 0 Å². The maximum atomic E-state index is 13.3. The summed E-state index contributed by atoms with van der Waals surface area (Å²) in [4.78, 5) is 12.3. The number of aromatic nitrogens is 1. The van der Waals surface area contributed by atoms with Gasteiger partial charge in [-0.15, -0.1) is 0 Å². The lowest BCUT2D eigenvalue weighted by molar-refractivity contribution is 0.0951. The van der Waals surface area contributed by atoms with Gasteiger partial charge in [-0.2, -0.15) is 0 Å². The molecule has 2 rings (SSSR count). The second-order valence-electron chi connectivity index (χ2n) is 5.41. The van der Waals surface area contributed by atoms with E-state index in [1.165, 1.54) is 12.1 Å².